The Morgan fingerprint density at radius 2 is 2.12 bits per heavy atom. The number of aryl methyl sites for hydroxylation is 1. The molecule has 4 unspecified atom stereocenters. The fourth-order valence-electron chi connectivity index (χ4n) is 5.27. The third kappa shape index (κ3) is 5.26. The number of aliphatic hydroxyl groups is 1. The number of hydrogen-bond acceptors (Lipinski definition) is 4. The van der Waals surface area contributed by atoms with E-state index in [1.165, 1.54) is 11.1 Å². The lowest BCUT2D eigenvalue weighted by Crippen LogP contribution is -2.43. The van der Waals surface area contributed by atoms with E-state index in [0.717, 1.165) is 49.4 Å². The van der Waals surface area contributed by atoms with E-state index >= 15 is 0 Å². The van der Waals surface area contributed by atoms with Crippen molar-refractivity contribution in [2.45, 2.75) is 51.0 Å². The zero-order valence-electron chi connectivity index (χ0n) is 19.8. The number of aromatic carboxylic acids is 1. The van der Waals surface area contributed by atoms with Gasteiger partial charge in [0.15, 0.2) is 0 Å². The van der Waals surface area contributed by atoms with Gasteiger partial charge in [0, 0.05) is 24.0 Å². The molecular formula is C28H34ClNO4. The molecule has 34 heavy (non-hydrogen) atoms. The van der Waals surface area contributed by atoms with Crippen molar-refractivity contribution in [3.63, 3.8) is 0 Å². The van der Waals surface area contributed by atoms with Crippen LogP contribution in [0.3, 0.4) is 0 Å². The molecular weight excluding hydrogens is 450 g/mol. The molecule has 1 heterocycles. The van der Waals surface area contributed by atoms with Crippen molar-refractivity contribution >= 4 is 23.3 Å². The Hall–Kier alpha value is -2.50. The van der Waals surface area contributed by atoms with E-state index in [9.17, 15) is 15.0 Å². The number of carboxylic acids is 1. The minimum absolute atomic E-state index is 0.118. The standard InChI is InChI=1S/C28H34ClNO4/c1-3-5-6-18-13-22(29)9-11-23(18)21-16-30(15-20-7-10-24(20)26(31)4-2)25-14-19(28(32)33)8-12-27(25)34-17-21/h4,8-9,11-14,20-21,24,26,31H,2-3,5-7,10,15-17H2,1H3,(H,32,33). The number of carbonyl (C=O) groups is 1. The lowest BCUT2D eigenvalue weighted by molar-refractivity contribution is 0.0465. The van der Waals surface area contributed by atoms with Crippen LogP contribution in [0, 0.1) is 11.8 Å². The van der Waals surface area contributed by atoms with E-state index in [1.807, 2.05) is 6.07 Å². The van der Waals surface area contributed by atoms with Crippen molar-refractivity contribution in [1.82, 2.24) is 0 Å². The van der Waals surface area contributed by atoms with E-state index in [0.29, 0.717) is 24.8 Å². The SMILES string of the molecule is C=CC(O)C1CCC1CN1CC(c2ccc(Cl)cc2CCCC)COc2ccc(C(=O)O)cc21. The van der Waals surface area contributed by atoms with Crippen molar-refractivity contribution in [2.75, 3.05) is 24.6 Å². The highest BCUT2D eigenvalue weighted by Gasteiger charge is 2.37. The summed E-state index contributed by atoms with van der Waals surface area (Å²) in [5.74, 6) is 0.371. The van der Waals surface area contributed by atoms with E-state index in [-0.39, 0.29) is 17.4 Å². The Balaban J connectivity index is 1.67. The molecule has 0 spiro atoms. The highest BCUT2D eigenvalue weighted by molar-refractivity contribution is 6.30. The van der Waals surface area contributed by atoms with Crippen molar-refractivity contribution in [1.29, 1.82) is 0 Å². The van der Waals surface area contributed by atoms with Crippen LogP contribution in [0.5, 0.6) is 5.75 Å². The van der Waals surface area contributed by atoms with Gasteiger partial charge in [-0.15, -0.1) is 6.58 Å². The molecule has 0 saturated heterocycles. The number of ether oxygens (including phenoxy) is 1. The average Bonchev–Trinajstić information content (AvgIpc) is 2.99. The number of rotatable bonds is 9. The first-order valence-corrected chi connectivity index (χ1v) is 12.6. The number of hydrogen-bond donors (Lipinski definition) is 2. The third-order valence-corrected chi connectivity index (χ3v) is 7.62. The van der Waals surface area contributed by atoms with Gasteiger partial charge in [0.05, 0.1) is 24.0 Å². The second kappa shape index (κ2) is 10.8. The van der Waals surface area contributed by atoms with Gasteiger partial charge in [0.1, 0.15) is 5.75 Å². The average molecular weight is 484 g/mol. The van der Waals surface area contributed by atoms with Crippen LogP contribution in [-0.4, -0.2) is 42.0 Å². The molecule has 6 heteroatoms. The summed E-state index contributed by atoms with van der Waals surface area (Å²) < 4.78 is 6.27. The predicted octanol–water partition coefficient (Wildman–Crippen LogP) is 5.94. The van der Waals surface area contributed by atoms with E-state index < -0.39 is 12.1 Å². The summed E-state index contributed by atoms with van der Waals surface area (Å²) >= 11 is 6.34. The van der Waals surface area contributed by atoms with Crippen LogP contribution in [0.1, 0.15) is 60.0 Å². The Bertz CT molecular complexity index is 1040. The third-order valence-electron chi connectivity index (χ3n) is 7.38. The number of anilines is 1. The first kappa shape index (κ1) is 24.6. The van der Waals surface area contributed by atoms with Crippen LogP contribution in [0.15, 0.2) is 49.1 Å². The van der Waals surface area contributed by atoms with Gasteiger partial charge in [-0.1, -0.05) is 37.1 Å². The quantitative estimate of drug-likeness (QED) is 0.432. The molecule has 4 rings (SSSR count). The van der Waals surface area contributed by atoms with Crippen LogP contribution >= 0.6 is 11.6 Å². The largest absolute Gasteiger partial charge is 0.491 e. The number of halogens is 1. The lowest BCUT2D eigenvalue weighted by atomic mass is 9.70. The fraction of sp³-hybridized carbons (Fsp3) is 0.464. The van der Waals surface area contributed by atoms with Crippen molar-refractivity contribution in [2.24, 2.45) is 11.8 Å². The molecule has 1 fully saturated rings. The molecule has 0 bridgehead atoms. The molecule has 2 N–H and O–H groups in total. The highest BCUT2D eigenvalue weighted by Crippen LogP contribution is 2.42. The number of aliphatic hydroxyl groups excluding tert-OH is 1. The maximum absolute atomic E-state index is 11.7. The Morgan fingerprint density at radius 1 is 1.29 bits per heavy atom. The number of fused-ring (bicyclic) bond motifs is 1. The van der Waals surface area contributed by atoms with Crippen LogP contribution in [0.25, 0.3) is 0 Å². The summed E-state index contributed by atoms with van der Waals surface area (Å²) in [6.45, 7) is 7.91. The van der Waals surface area contributed by atoms with Crippen molar-refractivity contribution < 1.29 is 19.7 Å². The maximum atomic E-state index is 11.7. The van der Waals surface area contributed by atoms with Crippen LogP contribution in [-0.2, 0) is 6.42 Å². The smallest absolute Gasteiger partial charge is 0.335 e. The summed E-state index contributed by atoms with van der Waals surface area (Å²) in [6.07, 6.45) is 6.29. The first-order valence-electron chi connectivity index (χ1n) is 12.2. The number of benzene rings is 2. The minimum atomic E-state index is -0.952. The zero-order valence-corrected chi connectivity index (χ0v) is 20.5. The molecule has 0 amide bonds. The molecule has 0 radical (unpaired) electrons. The maximum Gasteiger partial charge on any atom is 0.335 e. The summed E-state index contributed by atoms with van der Waals surface area (Å²) in [7, 11) is 0. The molecule has 1 aliphatic heterocycles. The van der Waals surface area contributed by atoms with E-state index in [1.54, 1.807) is 24.3 Å². The van der Waals surface area contributed by atoms with Crippen molar-refractivity contribution in [3.8, 4) is 5.75 Å². The van der Waals surface area contributed by atoms with Gasteiger partial charge in [0.2, 0.25) is 0 Å². The van der Waals surface area contributed by atoms with Gasteiger partial charge in [-0.05, 0) is 79.0 Å². The Morgan fingerprint density at radius 3 is 2.79 bits per heavy atom. The number of carboxylic acid groups (broad SMARTS) is 1. The van der Waals surface area contributed by atoms with Gasteiger partial charge < -0.3 is 19.8 Å². The molecule has 2 aromatic carbocycles. The van der Waals surface area contributed by atoms with Crippen LogP contribution in [0.2, 0.25) is 5.02 Å². The van der Waals surface area contributed by atoms with Gasteiger partial charge in [-0.25, -0.2) is 4.79 Å². The highest BCUT2D eigenvalue weighted by atomic mass is 35.5. The van der Waals surface area contributed by atoms with E-state index in [2.05, 4.69) is 30.5 Å². The monoisotopic (exact) mass is 483 g/mol. The topological polar surface area (TPSA) is 70.0 Å². The first-order chi connectivity index (χ1) is 16.4. The number of unbranched alkanes of at least 4 members (excludes halogenated alkanes) is 1. The van der Waals surface area contributed by atoms with Gasteiger partial charge in [-0.2, -0.15) is 0 Å². The minimum Gasteiger partial charge on any atom is -0.491 e. The molecule has 1 saturated carbocycles. The summed E-state index contributed by atoms with van der Waals surface area (Å²) in [5.41, 5.74) is 3.55. The Kier molecular flexibility index (Phi) is 7.84. The van der Waals surface area contributed by atoms with Crippen LogP contribution in [0.4, 0.5) is 5.69 Å². The molecule has 5 nitrogen and oxygen atoms in total. The van der Waals surface area contributed by atoms with Crippen LogP contribution < -0.4 is 9.64 Å². The van der Waals surface area contributed by atoms with E-state index in [4.69, 9.17) is 16.3 Å². The lowest BCUT2D eigenvalue weighted by Gasteiger charge is -2.42. The Labute approximate surface area is 207 Å². The zero-order chi connectivity index (χ0) is 24.2. The summed E-state index contributed by atoms with van der Waals surface area (Å²) in [5, 5.41) is 20.7. The van der Waals surface area contributed by atoms with Gasteiger partial charge >= 0.3 is 5.97 Å². The second-order valence-electron chi connectivity index (χ2n) is 9.57. The normalized spacial score (nSPS) is 22.7. The van der Waals surface area contributed by atoms with Crippen molar-refractivity contribution in [3.05, 3.63) is 70.8 Å². The van der Waals surface area contributed by atoms with Gasteiger partial charge in [0.25, 0.3) is 0 Å². The predicted molar refractivity (Wildman–Crippen MR) is 136 cm³/mol. The van der Waals surface area contributed by atoms with Gasteiger partial charge in [-0.3, -0.25) is 0 Å². The summed E-state index contributed by atoms with van der Waals surface area (Å²) in [4.78, 5) is 14.0. The molecule has 0 aromatic heterocycles. The second-order valence-corrected chi connectivity index (χ2v) is 10.0. The molecule has 4 atom stereocenters. The molecule has 2 aromatic rings. The fourth-order valence-corrected chi connectivity index (χ4v) is 5.47. The molecule has 2 aliphatic rings. The molecule has 182 valence electrons. The summed E-state index contributed by atoms with van der Waals surface area (Å²) in [6, 6.07) is 11.2. The number of nitrogens with zero attached hydrogens (tertiary/aromatic N) is 1. The molecule has 1 aliphatic carbocycles.